The van der Waals surface area contributed by atoms with Crippen molar-refractivity contribution in [3.63, 3.8) is 0 Å². The number of carbonyl (C=O) groups is 2. The molecule has 1 amide bonds. The summed E-state index contributed by atoms with van der Waals surface area (Å²) in [7, 11) is 1.55. The van der Waals surface area contributed by atoms with Crippen LogP contribution in [-0.2, 0) is 16.1 Å². The Morgan fingerprint density at radius 2 is 2.22 bits per heavy atom. The Bertz CT molecular complexity index is 568. The molecule has 0 saturated carbocycles. The molecular weight excluding hydrogens is 343 g/mol. The second-order valence-corrected chi connectivity index (χ2v) is 5.64. The van der Waals surface area contributed by atoms with E-state index < -0.39 is 12.0 Å². The molecule has 2 rings (SSSR count). The van der Waals surface area contributed by atoms with Crippen LogP contribution >= 0.6 is 24.0 Å². The third-order valence-corrected chi connectivity index (χ3v) is 3.95. The maximum Gasteiger partial charge on any atom is 0.320 e. The predicted octanol–water partition coefficient (Wildman–Crippen LogP) is 1.94. The van der Waals surface area contributed by atoms with E-state index in [0.29, 0.717) is 23.7 Å². The molecule has 1 fully saturated rings. The van der Waals surface area contributed by atoms with Gasteiger partial charge in [0.2, 0.25) is 5.91 Å². The number of halogens is 2. The van der Waals surface area contributed by atoms with Crippen molar-refractivity contribution in [2.75, 3.05) is 20.2 Å². The summed E-state index contributed by atoms with van der Waals surface area (Å²) in [6, 6.07) is 4.63. The molecule has 1 aliphatic rings. The molecule has 23 heavy (non-hydrogen) atoms. The number of carboxylic acids is 1. The number of nitrogens with zero attached hydrogens (tertiary/aromatic N) is 1. The van der Waals surface area contributed by atoms with Gasteiger partial charge >= 0.3 is 5.97 Å². The zero-order valence-corrected chi connectivity index (χ0v) is 14.3. The van der Waals surface area contributed by atoms with Gasteiger partial charge in [-0.2, -0.15) is 0 Å². The fourth-order valence-corrected chi connectivity index (χ4v) is 2.81. The van der Waals surface area contributed by atoms with Crippen molar-refractivity contribution in [3.8, 4) is 5.75 Å². The Morgan fingerprint density at radius 3 is 2.87 bits per heavy atom. The number of hydrogen-bond donors (Lipinski definition) is 2. The minimum absolute atomic E-state index is 0. The number of carboxylic acid groups (broad SMARTS) is 1. The first-order valence-corrected chi connectivity index (χ1v) is 7.45. The summed E-state index contributed by atoms with van der Waals surface area (Å²) in [6.07, 6.45) is 1.39. The van der Waals surface area contributed by atoms with E-state index in [2.05, 4.69) is 5.32 Å². The van der Waals surface area contributed by atoms with Gasteiger partial charge in [-0.3, -0.25) is 14.5 Å². The van der Waals surface area contributed by atoms with Crippen LogP contribution in [-0.4, -0.2) is 48.1 Å². The quantitative estimate of drug-likeness (QED) is 0.808. The number of aliphatic carboxylic acids is 1. The van der Waals surface area contributed by atoms with Crippen LogP contribution in [0.25, 0.3) is 0 Å². The highest BCUT2D eigenvalue weighted by Gasteiger charge is 2.31. The fraction of sp³-hybridized carbons (Fsp3) is 0.467. The van der Waals surface area contributed by atoms with Crippen LogP contribution < -0.4 is 10.1 Å². The van der Waals surface area contributed by atoms with E-state index in [1.807, 2.05) is 0 Å². The van der Waals surface area contributed by atoms with Gasteiger partial charge < -0.3 is 15.2 Å². The van der Waals surface area contributed by atoms with Gasteiger partial charge in [0.25, 0.3) is 0 Å². The Kier molecular flexibility index (Phi) is 7.61. The number of carbonyl (C=O) groups excluding carboxylic acids is 1. The van der Waals surface area contributed by atoms with Gasteiger partial charge in [0.05, 0.1) is 13.7 Å². The Balaban J connectivity index is 0.00000264. The molecule has 0 unspecified atom stereocenters. The predicted molar refractivity (Wildman–Crippen MR) is 89.3 cm³/mol. The summed E-state index contributed by atoms with van der Waals surface area (Å²) in [5.74, 6) is -0.439. The normalized spacial score (nSPS) is 17.4. The molecule has 1 saturated heterocycles. The maximum atomic E-state index is 12.0. The largest absolute Gasteiger partial charge is 0.496 e. The lowest BCUT2D eigenvalue weighted by Crippen LogP contribution is -2.42. The molecule has 0 spiro atoms. The molecule has 2 N–H and O–H groups in total. The van der Waals surface area contributed by atoms with Crippen molar-refractivity contribution in [2.24, 2.45) is 0 Å². The third-order valence-electron chi connectivity index (χ3n) is 3.71. The van der Waals surface area contributed by atoms with E-state index in [1.54, 1.807) is 30.2 Å². The number of methoxy groups -OCH3 is 1. The van der Waals surface area contributed by atoms with Gasteiger partial charge in [0.15, 0.2) is 0 Å². The third kappa shape index (κ3) is 5.27. The van der Waals surface area contributed by atoms with Crippen LogP contribution in [0.3, 0.4) is 0 Å². The monoisotopic (exact) mass is 362 g/mol. The summed E-state index contributed by atoms with van der Waals surface area (Å²) in [4.78, 5) is 24.8. The summed E-state index contributed by atoms with van der Waals surface area (Å²) in [6.45, 7) is 0.999. The molecule has 0 aromatic heterocycles. The highest BCUT2D eigenvalue weighted by molar-refractivity contribution is 6.30. The summed E-state index contributed by atoms with van der Waals surface area (Å²) < 4.78 is 5.22. The van der Waals surface area contributed by atoms with E-state index in [4.69, 9.17) is 21.4 Å². The number of benzene rings is 1. The van der Waals surface area contributed by atoms with Crippen LogP contribution in [0.4, 0.5) is 0 Å². The van der Waals surface area contributed by atoms with Gasteiger partial charge in [-0.25, -0.2) is 0 Å². The molecule has 128 valence electrons. The van der Waals surface area contributed by atoms with E-state index in [1.165, 1.54) is 0 Å². The number of rotatable bonds is 6. The lowest BCUT2D eigenvalue weighted by Gasteiger charge is -2.20. The molecule has 6 nitrogen and oxygen atoms in total. The van der Waals surface area contributed by atoms with Gasteiger partial charge in [-0.15, -0.1) is 12.4 Å². The van der Waals surface area contributed by atoms with Crippen molar-refractivity contribution < 1.29 is 19.4 Å². The average Bonchev–Trinajstić information content (AvgIpc) is 2.93. The Labute approximate surface area is 146 Å². The average molecular weight is 363 g/mol. The van der Waals surface area contributed by atoms with Crippen molar-refractivity contribution in [3.05, 3.63) is 28.8 Å². The number of hydrogen-bond acceptors (Lipinski definition) is 4. The first-order chi connectivity index (χ1) is 10.5. The van der Waals surface area contributed by atoms with Gasteiger partial charge in [-0.1, -0.05) is 11.6 Å². The standard InChI is InChI=1S/C15H19ClN2O4.ClH/c1-22-13-5-4-11(16)7-10(13)8-17-14(19)9-18-6-2-3-12(18)15(20)21;/h4-5,7,12H,2-3,6,8-9H2,1H3,(H,17,19)(H,20,21);1H/t12-;/m1./s1. The van der Waals surface area contributed by atoms with E-state index in [9.17, 15) is 9.59 Å². The van der Waals surface area contributed by atoms with Crippen LogP contribution in [0.5, 0.6) is 5.75 Å². The highest BCUT2D eigenvalue weighted by atomic mass is 35.5. The molecule has 0 aliphatic carbocycles. The molecule has 8 heteroatoms. The minimum Gasteiger partial charge on any atom is -0.496 e. The molecule has 0 bridgehead atoms. The van der Waals surface area contributed by atoms with Crippen molar-refractivity contribution in [2.45, 2.75) is 25.4 Å². The summed E-state index contributed by atoms with van der Waals surface area (Å²) >= 11 is 5.94. The number of likely N-dealkylation sites (tertiary alicyclic amines) is 1. The highest BCUT2D eigenvalue weighted by Crippen LogP contribution is 2.22. The molecular formula is C15H20Cl2N2O4. The molecule has 0 radical (unpaired) electrons. The number of ether oxygens (including phenoxy) is 1. The summed E-state index contributed by atoms with van der Waals surface area (Å²) in [5.41, 5.74) is 0.777. The first-order valence-electron chi connectivity index (χ1n) is 7.07. The molecule has 1 heterocycles. The first kappa shape index (κ1) is 19.5. The van der Waals surface area contributed by atoms with Crippen molar-refractivity contribution >= 4 is 35.9 Å². The Hall–Kier alpha value is -1.50. The molecule has 1 aromatic carbocycles. The van der Waals surface area contributed by atoms with E-state index in [0.717, 1.165) is 12.0 Å². The van der Waals surface area contributed by atoms with Crippen LogP contribution in [0.1, 0.15) is 18.4 Å². The topological polar surface area (TPSA) is 78.9 Å². The second-order valence-electron chi connectivity index (χ2n) is 5.20. The smallest absolute Gasteiger partial charge is 0.320 e. The lowest BCUT2D eigenvalue weighted by molar-refractivity contribution is -0.142. The van der Waals surface area contributed by atoms with Crippen LogP contribution in [0.15, 0.2) is 18.2 Å². The maximum absolute atomic E-state index is 12.0. The van der Waals surface area contributed by atoms with Crippen LogP contribution in [0.2, 0.25) is 5.02 Å². The summed E-state index contributed by atoms with van der Waals surface area (Å²) in [5, 5.41) is 12.4. The molecule has 1 aromatic rings. The van der Waals surface area contributed by atoms with Crippen molar-refractivity contribution in [1.82, 2.24) is 10.2 Å². The van der Waals surface area contributed by atoms with Gasteiger partial charge in [-0.05, 0) is 37.6 Å². The number of amides is 1. The van der Waals surface area contributed by atoms with E-state index in [-0.39, 0.29) is 31.4 Å². The second kappa shape index (κ2) is 8.96. The molecule has 1 atom stereocenters. The fourth-order valence-electron chi connectivity index (χ4n) is 2.61. The zero-order chi connectivity index (χ0) is 16.1. The minimum atomic E-state index is -0.873. The van der Waals surface area contributed by atoms with Crippen LogP contribution in [0, 0.1) is 0 Å². The lowest BCUT2D eigenvalue weighted by atomic mass is 10.2. The van der Waals surface area contributed by atoms with Crippen molar-refractivity contribution in [1.29, 1.82) is 0 Å². The van der Waals surface area contributed by atoms with Gasteiger partial charge in [0, 0.05) is 17.1 Å². The van der Waals surface area contributed by atoms with E-state index >= 15 is 0 Å². The van der Waals surface area contributed by atoms with Gasteiger partial charge in [0.1, 0.15) is 11.8 Å². The Morgan fingerprint density at radius 1 is 1.48 bits per heavy atom. The number of nitrogens with one attached hydrogen (secondary N) is 1. The molecule has 1 aliphatic heterocycles. The zero-order valence-electron chi connectivity index (χ0n) is 12.8. The SMILES string of the molecule is COc1ccc(Cl)cc1CNC(=O)CN1CCC[C@@H]1C(=O)O.Cl.